The average Bonchev–Trinajstić information content (AvgIpc) is 2.86. The number of carbonyl (C=O) groups excluding carboxylic acids is 1. The van der Waals surface area contributed by atoms with E-state index in [0.29, 0.717) is 32.6 Å². The number of nitrogens with zero attached hydrogens (tertiary/aromatic N) is 2. The number of hydrogen-bond donors (Lipinski definition) is 1. The summed E-state index contributed by atoms with van der Waals surface area (Å²) >= 11 is 23.8. The number of carboxylic acids is 1. The van der Waals surface area contributed by atoms with Crippen molar-refractivity contribution in [1.82, 2.24) is 9.80 Å². The highest BCUT2D eigenvalue weighted by molar-refractivity contribution is 6.42. The Morgan fingerprint density at radius 1 is 0.838 bits per heavy atom. The van der Waals surface area contributed by atoms with Crippen LogP contribution in [0, 0.1) is 23.7 Å². The predicted octanol–water partition coefficient (Wildman–Crippen LogP) is 6.49. The quantitative estimate of drug-likeness (QED) is 0.391. The van der Waals surface area contributed by atoms with Crippen LogP contribution in [0.5, 0.6) is 0 Å². The molecule has 4 atom stereocenters. The van der Waals surface area contributed by atoms with Crippen LogP contribution in [-0.2, 0) is 22.4 Å². The molecule has 0 spiro atoms. The molecule has 2 aromatic rings. The van der Waals surface area contributed by atoms with Crippen molar-refractivity contribution in [2.75, 3.05) is 40.3 Å². The summed E-state index contributed by atoms with van der Waals surface area (Å²) in [5, 5.41) is 11.6. The van der Waals surface area contributed by atoms with E-state index in [1.807, 2.05) is 37.4 Å². The van der Waals surface area contributed by atoms with Gasteiger partial charge in [0.25, 0.3) is 0 Å². The number of likely N-dealkylation sites (tertiary alicyclic amines) is 2. The van der Waals surface area contributed by atoms with Crippen LogP contribution in [0.3, 0.4) is 0 Å². The van der Waals surface area contributed by atoms with Gasteiger partial charge in [-0.2, -0.15) is 0 Å². The second kappa shape index (κ2) is 14.2. The fraction of sp³-hybridized carbons (Fsp3) is 0.500. The summed E-state index contributed by atoms with van der Waals surface area (Å²) in [6, 6.07) is 11.2. The molecule has 9 heteroatoms. The van der Waals surface area contributed by atoms with Crippen molar-refractivity contribution in [3.8, 4) is 0 Å². The van der Waals surface area contributed by atoms with Gasteiger partial charge in [0.1, 0.15) is 6.29 Å². The zero-order valence-electron chi connectivity index (χ0n) is 21.2. The number of benzene rings is 2. The largest absolute Gasteiger partial charge is 0.481 e. The third-order valence-electron chi connectivity index (χ3n) is 7.42. The van der Waals surface area contributed by atoms with Crippen LogP contribution in [0.4, 0.5) is 0 Å². The van der Waals surface area contributed by atoms with E-state index >= 15 is 0 Å². The summed E-state index contributed by atoms with van der Waals surface area (Å²) in [7, 11) is 4.02. The Kier molecular flexibility index (Phi) is 11.6. The van der Waals surface area contributed by atoms with Gasteiger partial charge in [-0.3, -0.25) is 4.79 Å². The molecule has 2 aliphatic rings. The zero-order chi connectivity index (χ0) is 27.1. The third kappa shape index (κ3) is 8.84. The molecular formula is C28H34Cl4N2O3. The summed E-state index contributed by atoms with van der Waals surface area (Å²) < 4.78 is 0. The minimum Gasteiger partial charge on any atom is -0.481 e. The molecule has 0 bridgehead atoms. The minimum absolute atomic E-state index is 0.123. The molecule has 0 aliphatic carbocycles. The van der Waals surface area contributed by atoms with Gasteiger partial charge in [0.2, 0.25) is 0 Å². The number of aliphatic carboxylic acids is 1. The summed E-state index contributed by atoms with van der Waals surface area (Å²) in [6.07, 6.45) is 4.68. The Labute approximate surface area is 239 Å². The van der Waals surface area contributed by atoms with Crippen LogP contribution in [0.25, 0.3) is 0 Å². The van der Waals surface area contributed by atoms with E-state index < -0.39 is 5.97 Å². The van der Waals surface area contributed by atoms with Crippen LogP contribution < -0.4 is 0 Å². The molecular weight excluding hydrogens is 554 g/mol. The van der Waals surface area contributed by atoms with E-state index in [2.05, 4.69) is 16.8 Å². The first kappa shape index (κ1) is 30.2. The molecule has 1 N–H and O–H groups in total. The molecule has 2 aliphatic heterocycles. The molecule has 0 amide bonds. The SMILES string of the molecule is CN1CCC(Cc2ccc(Cl)c(Cl)c2)[C@H](C(=O)O)C1.CN1CCC(Cc2ccc(Cl)c(Cl)c2)[C@H](C=O)C1. The van der Waals surface area contributed by atoms with Gasteiger partial charge in [-0.05, 0) is 100 Å². The highest BCUT2D eigenvalue weighted by atomic mass is 35.5. The lowest BCUT2D eigenvalue weighted by Crippen LogP contribution is -2.42. The maximum atomic E-state index is 11.3. The lowest BCUT2D eigenvalue weighted by atomic mass is 9.81. The van der Waals surface area contributed by atoms with Crippen molar-refractivity contribution in [2.45, 2.75) is 25.7 Å². The van der Waals surface area contributed by atoms with Crippen LogP contribution >= 0.6 is 46.4 Å². The zero-order valence-corrected chi connectivity index (χ0v) is 24.2. The Morgan fingerprint density at radius 2 is 1.32 bits per heavy atom. The van der Waals surface area contributed by atoms with Gasteiger partial charge < -0.3 is 19.7 Å². The average molecular weight is 588 g/mol. The van der Waals surface area contributed by atoms with Gasteiger partial charge in [0.15, 0.2) is 0 Å². The number of carboxylic acid groups (broad SMARTS) is 1. The predicted molar refractivity (Wildman–Crippen MR) is 152 cm³/mol. The molecule has 37 heavy (non-hydrogen) atoms. The van der Waals surface area contributed by atoms with Gasteiger partial charge in [-0.15, -0.1) is 0 Å². The number of halogens is 4. The third-order valence-corrected chi connectivity index (χ3v) is 8.90. The monoisotopic (exact) mass is 586 g/mol. The Balaban J connectivity index is 0.000000206. The second-order valence-electron chi connectivity index (χ2n) is 10.3. The van der Waals surface area contributed by atoms with Crippen molar-refractivity contribution in [3.63, 3.8) is 0 Å². The lowest BCUT2D eigenvalue weighted by molar-refractivity contribution is -0.145. The fourth-order valence-electron chi connectivity index (χ4n) is 5.23. The van der Waals surface area contributed by atoms with Gasteiger partial charge in [0.05, 0.1) is 26.0 Å². The Hall–Kier alpha value is -1.34. The van der Waals surface area contributed by atoms with Crippen molar-refractivity contribution in [1.29, 1.82) is 0 Å². The molecule has 2 unspecified atom stereocenters. The molecule has 4 rings (SSSR count). The first-order chi connectivity index (χ1) is 17.6. The summed E-state index contributed by atoms with van der Waals surface area (Å²) in [5.41, 5.74) is 2.21. The first-order valence-corrected chi connectivity index (χ1v) is 14.0. The van der Waals surface area contributed by atoms with Gasteiger partial charge in [-0.1, -0.05) is 58.5 Å². The van der Waals surface area contributed by atoms with Crippen molar-refractivity contribution < 1.29 is 14.7 Å². The van der Waals surface area contributed by atoms with Crippen LogP contribution in [0.1, 0.15) is 24.0 Å². The van der Waals surface area contributed by atoms with E-state index in [-0.39, 0.29) is 17.8 Å². The molecule has 2 heterocycles. The topological polar surface area (TPSA) is 60.9 Å². The number of piperidine rings is 2. The van der Waals surface area contributed by atoms with Crippen LogP contribution in [0.2, 0.25) is 20.1 Å². The highest BCUT2D eigenvalue weighted by Gasteiger charge is 2.33. The van der Waals surface area contributed by atoms with Crippen LogP contribution in [0.15, 0.2) is 36.4 Å². The number of aldehydes is 1. The minimum atomic E-state index is -0.711. The number of hydrogen-bond acceptors (Lipinski definition) is 4. The lowest BCUT2D eigenvalue weighted by Gasteiger charge is -2.34. The van der Waals surface area contributed by atoms with E-state index in [1.54, 1.807) is 6.07 Å². The maximum Gasteiger partial charge on any atom is 0.308 e. The summed E-state index contributed by atoms with van der Waals surface area (Å²) in [6.45, 7) is 3.46. The van der Waals surface area contributed by atoms with Crippen LogP contribution in [-0.4, -0.2) is 67.4 Å². The molecule has 0 saturated carbocycles. The van der Waals surface area contributed by atoms with Gasteiger partial charge >= 0.3 is 5.97 Å². The van der Waals surface area contributed by atoms with E-state index in [0.717, 1.165) is 62.7 Å². The number of carbonyl (C=O) groups is 2. The number of rotatable bonds is 6. The molecule has 2 saturated heterocycles. The second-order valence-corrected chi connectivity index (χ2v) is 11.9. The van der Waals surface area contributed by atoms with Crippen molar-refractivity contribution >= 4 is 58.7 Å². The van der Waals surface area contributed by atoms with Gasteiger partial charge in [0, 0.05) is 19.0 Å². The first-order valence-electron chi connectivity index (χ1n) is 12.5. The van der Waals surface area contributed by atoms with E-state index in [4.69, 9.17) is 46.4 Å². The smallest absolute Gasteiger partial charge is 0.308 e. The molecule has 0 aromatic heterocycles. The standard InChI is InChI=1S/C14H17Cl2NO2.C14H17Cl2NO/c1-17-5-4-10(11(8-17)14(18)19)6-9-2-3-12(15)13(16)7-9;1-17-5-4-11(12(8-17)9-18)6-10-2-3-13(15)14(16)7-10/h2-3,7,10-11H,4-6,8H2,1H3,(H,18,19);2-3,7,9,11-12H,4-6,8H2,1H3/t10?,11-;11?,12-/m10/s1. The van der Waals surface area contributed by atoms with E-state index in [1.165, 1.54) is 0 Å². The molecule has 202 valence electrons. The van der Waals surface area contributed by atoms with Gasteiger partial charge in [-0.25, -0.2) is 0 Å². The Morgan fingerprint density at radius 3 is 1.81 bits per heavy atom. The Bertz CT molecular complexity index is 1080. The van der Waals surface area contributed by atoms with E-state index in [9.17, 15) is 14.7 Å². The molecule has 2 aromatic carbocycles. The van der Waals surface area contributed by atoms with Crippen molar-refractivity contribution in [3.05, 3.63) is 67.6 Å². The normalized spacial score (nSPS) is 24.7. The summed E-state index contributed by atoms with van der Waals surface area (Å²) in [5.74, 6) is -0.329. The fourth-order valence-corrected chi connectivity index (χ4v) is 5.88. The highest BCUT2D eigenvalue weighted by Crippen LogP contribution is 2.30. The summed E-state index contributed by atoms with van der Waals surface area (Å²) in [4.78, 5) is 26.8. The molecule has 0 radical (unpaired) electrons. The maximum absolute atomic E-state index is 11.3. The molecule has 2 fully saturated rings. The molecule has 5 nitrogen and oxygen atoms in total. The van der Waals surface area contributed by atoms with Crippen molar-refractivity contribution in [2.24, 2.45) is 23.7 Å².